The molecule has 0 amide bonds. The fraction of sp³-hybridized carbons (Fsp3) is 0.814. The second-order valence-corrected chi connectivity index (χ2v) is 16.5. The molecule has 13 heteroatoms. The normalized spacial score (nSPS) is 21.0. The van der Waals surface area contributed by atoms with E-state index in [1.807, 2.05) is 0 Å². The second-order valence-electron chi connectivity index (χ2n) is 15.0. The van der Waals surface area contributed by atoms with Gasteiger partial charge >= 0.3 is 11.9 Å². The van der Waals surface area contributed by atoms with Gasteiger partial charge < -0.3 is 34.3 Å². The second kappa shape index (κ2) is 33.8. The number of esters is 2. The van der Waals surface area contributed by atoms with Gasteiger partial charge in [0.2, 0.25) is 0 Å². The topological polar surface area (TPSA) is 186 Å². The number of unbranched alkanes of at least 4 members (excludes halogenated alkanes) is 17. The summed E-state index contributed by atoms with van der Waals surface area (Å²) in [5.74, 6) is -2.01. The summed E-state index contributed by atoms with van der Waals surface area (Å²) >= 11 is 0. The molecular weight excluding hydrogens is 741 g/mol. The van der Waals surface area contributed by atoms with Crippen molar-refractivity contribution in [3.05, 3.63) is 36.5 Å². The van der Waals surface area contributed by atoms with Crippen LogP contribution in [0.5, 0.6) is 0 Å². The molecule has 0 aromatic heterocycles. The zero-order chi connectivity index (χ0) is 41.3. The minimum atomic E-state index is -4.60. The van der Waals surface area contributed by atoms with Crippen LogP contribution >= 0.6 is 0 Å². The maximum Gasteiger partial charge on any atom is 0.306 e. The Labute approximate surface area is 338 Å². The molecule has 1 fully saturated rings. The predicted molar refractivity (Wildman–Crippen MR) is 219 cm³/mol. The van der Waals surface area contributed by atoms with Crippen molar-refractivity contribution < 1.29 is 56.8 Å². The first-order valence-corrected chi connectivity index (χ1v) is 23.2. The lowest BCUT2D eigenvalue weighted by atomic mass is 10.00. The average Bonchev–Trinajstić information content (AvgIpc) is 3.16. The van der Waals surface area contributed by atoms with Gasteiger partial charge in [0.15, 0.2) is 12.4 Å². The van der Waals surface area contributed by atoms with Gasteiger partial charge in [-0.3, -0.25) is 14.1 Å². The number of hydrogen-bond donors (Lipinski definition) is 4. The number of aliphatic hydroxyl groups excluding tert-OH is 3. The highest BCUT2D eigenvalue weighted by Gasteiger charge is 2.46. The van der Waals surface area contributed by atoms with Crippen molar-refractivity contribution in [2.24, 2.45) is 0 Å². The van der Waals surface area contributed by atoms with Gasteiger partial charge in [0, 0.05) is 12.8 Å². The van der Waals surface area contributed by atoms with Crippen molar-refractivity contribution >= 4 is 22.1 Å². The number of ether oxygens (including phenoxy) is 4. The molecule has 12 nitrogen and oxygen atoms in total. The smallest absolute Gasteiger partial charge is 0.306 e. The summed E-state index contributed by atoms with van der Waals surface area (Å²) in [6, 6.07) is 0. The largest absolute Gasteiger partial charge is 0.462 e. The third-order valence-electron chi connectivity index (χ3n) is 9.72. The number of carbonyl (C=O) groups excluding carboxylic acids is 2. The first kappa shape index (κ1) is 51.9. The van der Waals surface area contributed by atoms with Gasteiger partial charge in [0.05, 0.1) is 6.61 Å². The molecule has 0 aromatic carbocycles. The van der Waals surface area contributed by atoms with Crippen molar-refractivity contribution in [1.29, 1.82) is 0 Å². The molecule has 0 radical (unpaired) electrons. The minimum absolute atomic E-state index is 0.140. The van der Waals surface area contributed by atoms with Crippen molar-refractivity contribution in [3.8, 4) is 0 Å². The average molecular weight is 817 g/mol. The van der Waals surface area contributed by atoms with E-state index >= 15 is 0 Å². The van der Waals surface area contributed by atoms with Crippen LogP contribution in [0.15, 0.2) is 36.5 Å². The standard InChI is InChI=1S/C43H76O12S/c1-3-5-7-9-11-13-15-16-17-18-19-20-22-24-26-28-30-32-39(45)54-36(33-52-38(44)31-29-27-25-23-21-14-12-10-8-6-4-2)34-53-43-42(48)41(47)40(46)37(55-43)35-56(49,50)51/h11,13,16-17,19-20,36-37,40-43,46-48H,3-10,12,14-15,18,21-35H2,1-2H3,(H,49,50,51)/b13-11+,17-16+,20-19+/t36-,37-,40-,41?,42?,43+/m1/s1. The van der Waals surface area contributed by atoms with E-state index in [1.54, 1.807) is 0 Å². The Kier molecular flexibility index (Phi) is 31.3. The summed E-state index contributed by atoms with van der Waals surface area (Å²) in [6.07, 6.45) is 27.6. The first-order valence-electron chi connectivity index (χ1n) is 21.5. The van der Waals surface area contributed by atoms with Crippen molar-refractivity contribution in [2.75, 3.05) is 19.0 Å². The molecule has 6 atom stereocenters. The van der Waals surface area contributed by atoms with Gasteiger partial charge in [-0.25, -0.2) is 0 Å². The highest BCUT2D eigenvalue weighted by atomic mass is 32.2. The molecule has 0 saturated carbocycles. The molecule has 0 bridgehead atoms. The van der Waals surface area contributed by atoms with E-state index in [1.165, 1.54) is 64.2 Å². The van der Waals surface area contributed by atoms with E-state index in [0.29, 0.717) is 12.8 Å². The highest BCUT2D eigenvalue weighted by molar-refractivity contribution is 7.85. The van der Waals surface area contributed by atoms with Gasteiger partial charge in [-0.2, -0.15) is 8.42 Å². The minimum Gasteiger partial charge on any atom is -0.462 e. The predicted octanol–water partition coefficient (Wildman–Crippen LogP) is 8.22. The van der Waals surface area contributed by atoms with Gasteiger partial charge in [-0.15, -0.1) is 0 Å². The molecule has 2 unspecified atom stereocenters. The fourth-order valence-electron chi connectivity index (χ4n) is 6.33. The van der Waals surface area contributed by atoms with Crippen LogP contribution in [0.25, 0.3) is 0 Å². The number of carbonyl (C=O) groups is 2. The third-order valence-corrected chi connectivity index (χ3v) is 10.5. The van der Waals surface area contributed by atoms with Crippen molar-refractivity contribution in [2.45, 2.75) is 205 Å². The number of rotatable bonds is 35. The van der Waals surface area contributed by atoms with Crippen LogP contribution in [0.2, 0.25) is 0 Å². The van der Waals surface area contributed by atoms with E-state index in [-0.39, 0.29) is 19.4 Å². The Bertz CT molecular complexity index is 1190. The summed E-state index contributed by atoms with van der Waals surface area (Å²) in [6.45, 7) is 3.69. The fourth-order valence-corrected chi connectivity index (χ4v) is 7.02. The summed E-state index contributed by atoms with van der Waals surface area (Å²) < 4.78 is 53.9. The number of allylic oxidation sites excluding steroid dienone is 6. The number of aliphatic hydroxyl groups is 3. The van der Waals surface area contributed by atoms with Gasteiger partial charge in [-0.05, 0) is 51.4 Å². The van der Waals surface area contributed by atoms with Crippen LogP contribution in [0, 0.1) is 0 Å². The summed E-state index contributed by atoms with van der Waals surface area (Å²) in [4.78, 5) is 25.3. The van der Waals surface area contributed by atoms with Gasteiger partial charge in [-0.1, -0.05) is 140 Å². The van der Waals surface area contributed by atoms with Gasteiger partial charge in [0.25, 0.3) is 10.1 Å². The Morgan fingerprint density at radius 2 is 1.07 bits per heavy atom. The molecule has 326 valence electrons. The van der Waals surface area contributed by atoms with Crippen LogP contribution < -0.4 is 0 Å². The zero-order valence-corrected chi connectivity index (χ0v) is 35.3. The monoisotopic (exact) mass is 817 g/mol. The summed E-state index contributed by atoms with van der Waals surface area (Å²) in [7, 11) is -4.60. The van der Waals surface area contributed by atoms with Crippen LogP contribution in [0.3, 0.4) is 0 Å². The Morgan fingerprint density at radius 3 is 1.62 bits per heavy atom. The zero-order valence-electron chi connectivity index (χ0n) is 34.5. The van der Waals surface area contributed by atoms with Crippen molar-refractivity contribution in [3.63, 3.8) is 0 Å². The lowest BCUT2D eigenvalue weighted by Crippen LogP contribution is -2.60. The molecule has 4 N–H and O–H groups in total. The van der Waals surface area contributed by atoms with Crippen LogP contribution in [0.1, 0.15) is 168 Å². The maximum absolute atomic E-state index is 12.8. The molecule has 1 saturated heterocycles. The first-order chi connectivity index (χ1) is 27.0. The molecule has 0 spiro atoms. The summed E-state index contributed by atoms with van der Waals surface area (Å²) in [5, 5.41) is 30.8. The molecule has 0 aliphatic carbocycles. The van der Waals surface area contributed by atoms with Crippen LogP contribution in [-0.2, 0) is 38.7 Å². The highest BCUT2D eigenvalue weighted by Crippen LogP contribution is 2.24. The van der Waals surface area contributed by atoms with E-state index in [0.717, 1.165) is 64.2 Å². The number of hydrogen-bond acceptors (Lipinski definition) is 11. The van der Waals surface area contributed by atoms with Crippen LogP contribution in [0.4, 0.5) is 0 Å². The summed E-state index contributed by atoms with van der Waals surface area (Å²) in [5.41, 5.74) is 0. The molecule has 1 heterocycles. The molecule has 1 aliphatic rings. The Morgan fingerprint density at radius 1 is 0.607 bits per heavy atom. The Balaban J connectivity index is 2.49. The Hall–Kier alpha value is -2.13. The van der Waals surface area contributed by atoms with Crippen LogP contribution in [-0.4, -0.2) is 96.0 Å². The third kappa shape index (κ3) is 28.3. The lowest BCUT2D eigenvalue weighted by molar-refractivity contribution is -0.297. The van der Waals surface area contributed by atoms with E-state index in [2.05, 4.69) is 50.3 Å². The van der Waals surface area contributed by atoms with E-state index in [9.17, 15) is 37.9 Å². The van der Waals surface area contributed by atoms with Gasteiger partial charge in [0.1, 0.15) is 36.8 Å². The molecule has 1 aliphatic heterocycles. The van der Waals surface area contributed by atoms with E-state index < -0.39 is 71.2 Å². The molecule has 0 aromatic rings. The molecule has 1 rings (SSSR count). The SMILES string of the molecule is CCCCC/C=C/C/C=C/C/C=C/CCCCCCC(=O)O[C@H](COC(=O)CCCCCCCCCCCCC)CO[C@H]1O[C@H](CS(=O)(=O)O)[C@@H](O)C(O)C1O. The lowest BCUT2D eigenvalue weighted by Gasteiger charge is -2.40. The quantitative estimate of drug-likeness (QED) is 0.0208. The molecular formula is C43H76O12S. The van der Waals surface area contributed by atoms with E-state index in [4.69, 9.17) is 18.9 Å². The molecule has 56 heavy (non-hydrogen) atoms. The maximum atomic E-state index is 12.8. The van der Waals surface area contributed by atoms with Crippen molar-refractivity contribution in [1.82, 2.24) is 0 Å².